The highest BCUT2D eigenvalue weighted by Crippen LogP contribution is 2.33. The molecule has 1 N–H and O–H groups in total. The lowest BCUT2D eigenvalue weighted by molar-refractivity contribution is -0.384. The number of anilines is 2. The maximum Gasteiger partial charge on any atom is 0.293 e. The zero-order valence-electron chi connectivity index (χ0n) is 20.0. The molecule has 5 aromatic rings. The fourth-order valence-corrected chi connectivity index (χ4v) is 4.95. The van der Waals surface area contributed by atoms with Gasteiger partial charge in [0.2, 0.25) is 5.89 Å². The molecule has 6 rings (SSSR count). The second kappa shape index (κ2) is 9.39. The number of oxazole rings is 1. The normalized spacial score (nSPS) is 13.7. The number of rotatable bonds is 5. The Kier molecular flexibility index (Phi) is 5.76. The molecule has 1 saturated heterocycles. The van der Waals surface area contributed by atoms with E-state index in [1.165, 1.54) is 6.07 Å². The monoisotopic (exact) mass is 492 g/mol. The molecule has 184 valence electrons. The zero-order chi connectivity index (χ0) is 25.4. The molecule has 0 unspecified atom stereocenters. The third-order valence-corrected chi connectivity index (χ3v) is 6.80. The molecule has 0 saturated carbocycles. The number of aromatic nitrogens is 1. The minimum atomic E-state index is -0.426. The van der Waals surface area contributed by atoms with Gasteiger partial charge < -0.3 is 14.6 Å². The Morgan fingerprint density at radius 3 is 2.59 bits per heavy atom. The SMILES string of the molecule is O=C(Nc1ccc2oc(-c3cccc4ccccc34)nc2c1)c1ccc(N2CCCCC2)c([N+](=O)[O-])c1. The molecule has 1 fully saturated rings. The van der Waals surface area contributed by atoms with Crippen LogP contribution in [0.1, 0.15) is 29.6 Å². The minimum Gasteiger partial charge on any atom is -0.436 e. The Morgan fingerprint density at radius 2 is 1.76 bits per heavy atom. The summed E-state index contributed by atoms with van der Waals surface area (Å²) in [6.45, 7) is 1.57. The first-order valence-electron chi connectivity index (χ1n) is 12.3. The van der Waals surface area contributed by atoms with Crippen LogP contribution in [0.3, 0.4) is 0 Å². The first kappa shape index (κ1) is 22.7. The van der Waals surface area contributed by atoms with Gasteiger partial charge in [-0.3, -0.25) is 14.9 Å². The summed E-state index contributed by atoms with van der Waals surface area (Å²) in [5.74, 6) is 0.0737. The van der Waals surface area contributed by atoms with E-state index in [9.17, 15) is 14.9 Å². The lowest BCUT2D eigenvalue weighted by Crippen LogP contribution is -2.30. The number of nitro groups is 1. The van der Waals surface area contributed by atoms with Gasteiger partial charge in [0.25, 0.3) is 11.6 Å². The molecule has 4 aromatic carbocycles. The second-order valence-corrected chi connectivity index (χ2v) is 9.19. The van der Waals surface area contributed by atoms with Crippen molar-refractivity contribution in [3.05, 3.63) is 94.5 Å². The molecule has 2 heterocycles. The van der Waals surface area contributed by atoms with Crippen LogP contribution in [0.15, 0.2) is 83.3 Å². The molecule has 1 aromatic heterocycles. The summed E-state index contributed by atoms with van der Waals surface area (Å²) in [7, 11) is 0. The maximum absolute atomic E-state index is 13.0. The van der Waals surface area contributed by atoms with Gasteiger partial charge in [-0.1, -0.05) is 36.4 Å². The molecule has 0 spiro atoms. The number of carbonyl (C=O) groups excluding carboxylic acids is 1. The summed E-state index contributed by atoms with van der Waals surface area (Å²) in [6, 6.07) is 23.9. The van der Waals surface area contributed by atoms with E-state index in [-0.39, 0.29) is 11.3 Å². The van der Waals surface area contributed by atoms with Gasteiger partial charge in [-0.15, -0.1) is 0 Å². The van der Waals surface area contributed by atoms with Crippen molar-refractivity contribution in [2.45, 2.75) is 19.3 Å². The number of hydrogen-bond acceptors (Lipinski definition) is 6. The van der Waals surface area contributed by atoms with Gasteiger partial charge in [0.05, 0.1) is 4.92 Å². The average Bonchev–Trinajstić information content (AvgIpc) is 3.36. The van der Waals surface area contributed by atoms with Crippen molar-refractivity contribution in [2.24, 2.45) is 0 Å². The fraction of sp³-hybridized carbons (Fsp3) is 0.172. The van der Waals surface area contributed by atoms with E-state index < -0.39 is 10.8 Å². The molecular weight excluding hydrogens is 468 g/mol. The molecule has 0 atom stereocenters. The van der Waals surface area contributed by atoms with Crippen LogP contribution < -0.4 is 10.2 Å². The summed E-state index contributed by atoms with van der Waals surface area (Å²) in [6.07, 6.45) is 3.14. The molecule has 0 bridgehead atoms. The lowest BCUT2D eigenvalue weighted by atomic mass is 10.0. The van der Waals surface area contributed by atoms with E-state index >= 15 is 0 Å². The lowest BCUT2D eigenvalue weighted by Gasteiger charge is -2.28. The number of nitrogens with one attached hydrogen (secondary N) is 1. The predicted octanol–water partition coefficient (Wildman–Crippen LogP) is 6.80. The van der Waals surface area contributed by atoms with Crippen molar-refractivity contribution in [1.29, 1.82) is 0 Å². The van der Waals surface area contributed by atoms with Gasteiger partial charge in [-0.25, -0.2) is 4.98 Å². The summed E-state index contributed by atoms with van der Waals surface area (Å²) >= 11 is 0. The number of nitrogens with zero attached hydrogens (tertiary/aromatic N) is 3. The fourth-order valence-electron chi connectivity index (χ4n) is 4.95. The Labute approximate surface area is 212 Å². The molecule has 8 nitrogen and oxygen atoms in total. The first-order valence-corrected chi connectivity index (χ1v) is 12.3. The summed E-state index contributed by atoms with van der Waals surface area (Å²) in [5.41, 5.74) is 3.35. The topological polar surface area (TPSA) is 102 Å². The molecule has 8 heteroatoms. The van der Waals surface area contributed by atoms with Crippen LogP contribution in [-0.2, 0) is 0 Å². The zero-order valence-corrected chi connectivity index (χ0v) is 20.0. The van der Waals surface area contributed by atoms with Crippen LogP contribution in [0.4, 0.5) is 17.1 Å². The standard InChI is InChI=1S/C29H24N4O4/c34-28(20-11-13-25(26(17-20)33(35)36)32-15-4-1-5-16-32)30-21-12-14-27-24(18-21)31-29(37-27)23-10-6-8-19-7-2-3-9-22(19)23/h2-3,6-14,17-18H,1,4-5,15-16H2,(H,30,34). The van der Waals surface area contributed by atoms with Crippen LogP contribution in [0.25, 0.3) is 33.3 Å². The van der Waals surface area contributed by atoms with Gasteiger partial charge >= 0.3 is 0 Å². The number of benzene rings is 4. The second-order valence-electron chi connectivity index (χ2n) is 9.19. The summed E-state index contributed by atoms with van der Waals surface area (Å²) in [4.78, 5) is 31.0. The number of amides is 1. The third kappa shape index (κ3) is 4.38. The Bertz CT molecular complexity index is 1650. The molecule has 1 aliphatic rings. The van der Waals surface area contributed by atoms with E-state index in [1.807, 2.05) is 47.4 Å². The van der Waals surface area contributed by atoms with Crippen LogP contribution in [0, 0.1) is 10.1 Å². The van der Waals surface area contributed by atoms with Gasteiger partial charge in [0, 0.05) is 36.0 Å². The van der Waals surface area contributed by atoms with E-state index in [1.54, 1.807) is 30.3 Å². The van der Waals surface area contributed by atoms with E-state index in [4.69, 9.17) is 4.42 Å². The number of carbonyl (C=O) groups is 1. The Hall–Kier alpha value is -4.72. The summed E-state index contributed by atoms with van der Waals surface area (Å²) < 4.78 is 6.02. The van der Waals surface area contributed by atoms with Crippen LogP contribution in [0.2, 0.25) is 0 Å². The number of piperidine rings is 1. The maximum atomic E-state index is 13.0. The van der Waals surface area contributed by atoms with Gasteiger partial charge in [0.15, 0.2) is 5.58 Å². The highest BCUT2D eigenvalue weighted by atomic mass is 16.6. The van der Waals surface area contributed by atoms with Crippen molar-refractivity contribution < 1.29 is 14.1 Å². The predicted molar refractivity (Wildman–Crippen MR) is 144 cm³/mol. The van der Waals surface area contributed by atoms with E-state index in [2.05, 4.69) is 10.3 Å². The van der Waals surface area contributed by atoms with Gasteiger partial charge in [-0.2, -0.15) is 0 Å². The van der Waals surface area contributed by atoms with Crippen molar-refractivity contribution in [3.8, 4) is 11.5 Å². The van der Waals surface area contributed by atoms with E-state index in [0.29, 0.717) is 28.4 Å². The van der Waals surface area contributed by atoms with Gasteiger partial charge in [0.1, 0.15) is 11.2 Å². The highest BCUT2D eigenvalue weighted by Gasteiger charge is 2.23. The molecule has 1 aliphatic heterocycles. The number of fused-ring (bicyclic) bond motifs is 2. The average molecular weight is 493 g/mol. The van der Waals surface area contributed by atoms with Gasteiger partial charge in [-0.05, 0) is 66.4 Å². The highest BCUT2D eigenvalue weighted by molar-refractivity contribution is 6.06. The van der Waals surface area contributed by atoms with Crippen molar-refractivity contribution >= 4 is 44.8 Å². The number of nitro benzene ring substituents is 1. The molecule has 37 heavy (non-hydrogen) atoms. The molecule has 0 radical (unpaired) electrons. The first-order chi connectivity index (χ1) is 18.1. The van der Waals surface area contributed by atoms with Crippen LogP contribution in [-0.4, -0.2) is 28.9 Å². The minimum absolute atomic E-state index is 0.0544. The van der Waals surface area contributed by atoms with E-state index in [0.717, 1.165) is 48.7 Å². The molecule has 0 aliphatic carbocycles. The van der Waals surface area contributed by atoms with Crippen molar-refractivity contribution in [3.63, 3.8) is 0 Å². The third-order valence-electron chi connectivity index (χ3n) is 6.80. The Balaban J connectivity index is 1.27. The summed E-state index contributed by atoms with van der Waals surface area (Å²) in [5, 5.41) is 16.7. The molecular formula is C29H24N4O4. The van der Waals surface area contributed by atoms with Crippen LogP contribution >= 0.6 is 0 Å². The quantitative estimate of drug-likeness (QED) is 0.214. The smallest absolute Gasteiger partial charge is 0.293 e. The van der Waals surface area contributed by atoms with Crippen molar-refractivity contribution in [1.82, 2.24) is 4.98 Å². The number of hydrogen-bond donors (Lipinski definition) is 1. The largest absolute Gasteiger partial charge is 0.436 e. The van der Waals surface area contributed by atoms with Crippen LogP contribution in [0.5, 0.6) is 0 Å². The molecule has 1 amide bonds. The van der Waals surface area contributed by atoms with Crippen molar-refractivity contribution in [2.75, 3.05) is 23.3 Å². The Morgan fingerprint density at radius 1 is 0.946 bits per heavy atom.